The highest BCUT2D eigenvalue weighted by atomic mass is 32.1. The van der Waals surface area contributed by atoms with Crippen molar-refractivity contribution in [2.24, 2.45) is 0 Å². The first-order valence-corrected chi connectivity index (χ1v) is 8.24. The SMILES string of the molecule is CC(=O)c1cccc(-c2cnc3sc(NCc4ccco4)nn23)c1. The van der Waals surface area contributed by atoms with Crippen LogP contribution < -0.4 is 5.32 Å². The zero-order chi connectivity index (χ0) is 16.5. The summed E-state index contributed by atoms with van der Waals surface area (Å²) in [5, 5.41) is 8.55. The molecule has 0 spiro atoms. The Hall–Kier alpha value is -2.93. The molecule has 0 saturated carbocycles. The Labute approximate surface area is 141 Å². The van der Waals surface area contributed by atoms with Gasteiger partial charge in [-0.05, 0) is 25.1 Å². The Morgan fingerprint density at radius 3 is 3.04 bits per heavy atom. The van der Waals surface area contributed by atoms with Crippen molar-refractivity contribution in [1.82, 2.24) is 14.6 Å². The predicted molar refractivity (Wildman–Crippen MR) is 92.3 cm³/mol. The molecule has 0 bridgehead atoms. The molecule has 0 aliphatic rings. The van der Waals surface area contributed by atoms with Gasteiger partial charge in [0.1, 0.15) is 5.76 Å². The van der Waals surface area contributed by atoms with Gasteiger partial charge in [0, 0.05) is 11.1 Å². The van der Waals surface area contributed by atoms with Crippen LogP contribution in [0.4, 0.5) is 5.13 Å². The summed E-state index contributed by atoms with van der Waals surface area (Å²) < 4.78 is 7.09. The van der Waals surface area contributed by atoms with Crippen molar-refractivity contribution in [1.29, 1.82) is 0 Å². The largest absolute Gasteiger partial charge is 0.467 e. The van der Waals surface area contributed by atoms with E-state index in [1.807, 2.05) is 36.4 Å². The number of carbonyl (C=O) groups is 1. The van der Waals surface area contributed by atoms with E-state index in [0.29, 0.717) is 12.1 Å². The van der Waals surface area contributed by atoms with Gasteiger partial charge in [-0.15, -0.1) is 5.10 Å². The first kappa shape index (κ1) is 14.6. The lowest BCUT2D eigenvalue weighted by atomic mass is 10.1. The molecule has 6 nitrogen and oxygen atoms in total. The molecule has 0 saturated heterocycles. The number of furan rings is 1. The average molecular weight is 338 g/mol. The summed E-state index contributed by atoms with van der Waals surface area (Å²) in [6, 6.07) is 11.2. The molecule has 24 heavy (non-hydrogen) atoms. The molecule has 4 rings (SSSR count). The normalized spacial score (nSPS) is 11.0. The third-order valence-corrected chi connectivity index (χ3v) is 4.52. The smallest absolute Gasteiger partial charge is 0.214 e. The summed E-state index contributed by atoms with van der Waals surface area (Å²) in [6.45, 7) is 2.13. The number of hydrogen-bond donors (Lipinski definition) is 1. The molecule has 0 radical (unpaired) electrons. The number of rotatable bonds is 5. The summed E-state index contributed by atoms with van der Waals surface area (Å²) >= 11 is 1.47. The zero-order valence-electron chi connectivity index (χ0n) is 12.9. The summed E-state index contributed by atoms with van der Waals surface area (Å²) in [5.74, 6) is 0.883. The summed E-state index contributed by atoms with van der Waals surface area (Å²) in [4.78, 5) is 16.8. The van der Waals surface area contributed by atoms with Crippen LogP contribution in [0.3, 0.4) is 0 Å². The number of imidazole rings is 1. The summed E-state index contributed by atoms with van der Waals surface area (Å²) in [6.07, 6.45) is 3.42. The molecule has 0 fully saturated rings. The maximum absolute atomic E-state index is 11.6. The van der Waals surface area contributed by atoms with E-state index >= 15 is 0 Å². The van der Waals surface area contributed by atoms with Crippen LogP contribution in [0.1, 0.15) is 23.0 Å². The number of hydrogen-bond acceptors (Lipinski definition) is 6. The highest BCUT2D eigenvalue weighted by Crippen LogP contribution is 2.27. The topological polar surface area (TPSA) is 72.4 Å². The van der Waals surface area contributed by atoms with Gasteiger partial charge in [-0.25, -0.2) is 9.50 Å². The van der Waals surface area contributed by atoms with Crippen LogP contribution in [-0.2, 0) is 6.54 Å². The fraction of sp³-hybridized carbons (Fsp3) is 0.118. The minimum Gasteiger partial charge on any atom is -0.467 e. The quantitative estimate of drug-likeness (QED) is 0.559. The van der Waals surface area contributed by atoms with Crippen molar-refractivity contribution >= 4 is 27.2 Å². The van der Waals surface area contributed by atoms with Gasteiger partial charge >= 0.3 is 0 Å². The molecule has 1 aromatic carbocycles. The van der Waals surface area contributed by atoms with E-state index in [-0.39, 0.29) is 5.78 Å². The average Bonchev–Trinajstić information content (AvgIpc) is 3.29. The molecule has 7 heteroatoms. The minimum absolute atomic E-state index is 0.0386. The number of benzene rings is 1. The van der Waals surface area contributed by atoms with Crippen LogP contribution in [0.25, 0.3) is 16.2 Å². The summed E-state index contributed by atoms with van der Waals surface area (Å²) in [7, 11) is 0. The third kappa shape index (κ3) is 2.69. The van der Waals surface area contributed by atoms with Gasteiger partial charge in [-0.3, -0.25) is 4.79 Å². The molecule has 3 heterocycles. The van der Waals surface area contributed by atoms with Crippen molar-refractivity contribution in [3.63, 3.8) is 0 Å². The second-order valence-electron chi connectivity index (χ2n) is 5.31. The standard InChI is InChI=1S/C17H14N4O2S/c1-11(22)12-4-2-5-13(8-12)15-10-19-17-21(15)20-16(24-17)18-9-14-6-3-7-23-14/h2-8,10H,9H2,1H3,(H,18,20). The fourth-order valence-corrected chi connectivity index (χ4v) is 3.21. The van der Waals surface area contributed by atoms with Crippen LogP contribution in [0.15, 0.2) is 53.3 Å². The van der Waals surface area contributed by atoms with Crippen molar-refractivity contribution in [2.75, 3.05) is 5.32 Å². The Morgan fingerprint density at radius 1 is 1.33 bits per heavy atom. The van der Waals surface area contributed by atoms with Crippen molar-refractivity contribution < 1.29 is 9.21 Å². The van der Waals surface area contributed by atoms with Crippen LogP contribution in [0.5, 0.6) is 0 Å². The lowest BCUT2D eigenvalue weighted by Gasteiger charge is -2.01. The second-order valence-corrected chi connectivity index (χ2v) is 6.27. The second kappa shape index (κ2) is 5.93. The van der Waals surface area contributed by atoms with Crippen molar-refractivity contribution in [2.45, 2.75) is 13.5 Å². The van der Waals surface area contributed by atoms with E-state index in [9.17, 15) is 4.79 Å². The lowest BCUT2D eigenvalue weighted by molar-refractivity contribution is 0.101. The van der Waals surface area contributed by atoms with Gasteiger partial charge in [0.2, 0.25) is 10.1 Å². The molecule has 0 amide bonds. The van der Waals surface area contributed by atoms with E-state index in [2.05, 4.69) is 15.4 Å². The highest BCUT2D eigenvalue weighted by Gasteiger charge is 2.12. The number of nitrogens with one attached hydrogen (secondary N) is 1. The predicted octanol–water partition coefficient (Wildman–Crippen LogP) is 3.87. The first-order chi connectivity index (χ1) is 11.7. The van der Waals surface area contributed by atoms with Gasteiger partial charge in [0.25, 0.3) is 0 Å². The van der Waals surface area contributed by atoms with Crippen molar-refractivity contribution in [3.8, 4) is 11.3 Å². The van der Waals surface area contributed by atoms with E-state index in [0.717, 1.165) is 27.1 Å². The Balaban J connectivity index is 1.64. The van der Waals surface area contributed by atoms with Crippen LogP contribution >= 0.6 is 11.3 Å². The Morgan fingerprint density at radius 2 is 2.25 bits per heavy atom. The molecule has 120 valence electrons. The number of Topliss-reactive ketones (excluding diaryl/α,β-unsaturated/α-hetero) is 1. The molecule has 3 aromatic heterocycles. The highest BCUT2D eigenvalue weighted by molar-refractivity contribution is 7.20. The maximum atomic E-state index is 11.6. The molecular formula is C17H14N4O2S. The first-order valence-electron chi connectivity index (χ1n) is 7.43. The number of aromatic nitrogens is 3. The Bertz CT molecular complexity index is 1000. The number of carbonyl (C=O) groups excluding carboxylic acids is 1. The molecule has 4 aromatic rings. The van der Waals surface area contributed by atoms with Gasteiger partial charge in [-0.1, -0.05) is 29.5 Å². The van der Waals surface area contributed by atoms with Gasteiger partial charge in [-0.2, -0.15) is 0 Å². The lowest BCUT2D eigenvalue weighted by Crippen LogP contribution is -1.99. The van der Waals surface area contributed by atoms with Crippen LogP contribution in [0, 0.1) is 0 Å². The minimum atomic E-state index is 0.0386. The maximum Gasteiger partial charge on any atom is 0.214 e. The van der Waals surface area contributed by atoms with E-state index in [1.54, 1.807) is 23.9 Å². The third-order valence-electron chi connectivity index (χ3n) is 3.64. The molecule has 0 atom stereocenters. The van der Waals surface area contributed by atoms with Gasteiger partial charge in [0.05, 0.1) is 24.7 Å². The van der Waals surface area contributed by atoms with E-state index in [1.165, 1.54) is 11.3 Å². The molecule has 0 aliphatic heterocycles. The number of anilines is 1. The number of fused-ring (bicyclic) bond motifs is 1. The summed E-state index contributed by atoms with van der Waals surface area (Å²) in [5.41, 5.74) is 2.45. The van der Waals surface area contributed by atoms with E-state index in [4.69, 9.17) is 4.42 Å². The monoisotopic (exact) mass is 338 g/mol. The van der Waals surface area contributed by atoms with Gasteiger partial charge < -0.3 is 9.73 Å². The van der Waals surface area contributed by atoms with Crippen LogP contribution in [0.2, 0.25) is 0 Å². The number of ketones is 1. The fourth-order valence-electron chi connectivity index (χ4n) is 2.43. The van der Waals surface area contributed by atoms with Crippen molar-refractivity contribution in [3.05, 3.63) is 60.2 Å². The van der Waals surface area contributed by atoms with Crippen LogP contribution in [-0.4, -0.2) is 20.4 Å². The molecule has 1 N–H and O–H groups in total. The van der Waals surface area contributed by atoms with E-state index < -0.39 is 0 Å². The molecule has 0 unspecified atom stereocenters. The number of nitrogens with zero attached hydrogens (tertiary/aromatic N) is 3. The molecule has 0 aliphatic carbocycles. The Kier molecular flexibility index (Phi) is 3.62. The molecular weight excluding hydrogens is 324 g/mol. The van der Waals surface area contributed by atoms with Gasteiger partial charge in [0.15, 0.2) is 5.78 Å². The zero-order valence-corrected chi connectivity index (χ0v) is 13.7.